The number of hydrogen-bond acceptors (Lipinski definition) is 3. The zero-order valence-electron chi connectivity index (χ0n) is 8.60. The lowest BCUT2D eigenvalue weighted by Crippen LogP contribution is -2.52. The van der Waals surface area contributed by atoms with Gasteiger partial charge in [0, 0.05) is 11.4 Å². The summed E-state index contributed by atoms with van der Waals surface area (Å²) in [5, 5.41) is 8.54. The molecule has 0 radical (unpaired) electrons. The van der Waals surface area contributed by atoms with E-state index < -0.39 is 6.03 Å². The van der Waals surface area contributed by atoms with Crippen molar-refractivity contribution in [3.8, 4) is 0 Å². The Kier molecular flexibility index (Phi) is 1.87. The van der Waals surface area contributed by atoms with Crippen LogP contribution in [0.5, 0.6) is 0 Å². The van der Waals surface area contributed by atoms with Gasteiger partial charge in [0.15, 0.2) is 0 Å². The van der Waals surface area contributed by atoms with Gasteiger partial charge in [0.05, 0.1) is 12.4 Å². The molecule has 16 heavy (non-hydrogen) atoms. The maximum atomic E-state index is 11.3. The van der Waals surface area contributed by atoms with Crippen molar-refractivity contribution in [1.29, 1.82) is 0 Å². The van der Waals surface area contributed by atoms with Crippen LogP contribution in [0.2, 0.25) is 0 Å². The summed E-state index contributed by atoms with van der Waals surface area (Å²) in [6, 6.07) is 7.48. The van der Waals surface area contributed by atoms with E-state index in [-0.39, 0.29) is 6.17 Å². The minimum atomic E-state index is -0.451. The molecule has 1 atom stereocenters. The Labute approximate surface area is 92.2 Å². The Morgan fingerprint density at radius 3 is 3.06 bits per heavy atom. The molecule has 2 amide bonds. The molecule has 82 valence electrons. The lowest BCUT2D eigenvalue weighted by Gasteiger charge is -2.26. The molecular weight excluding hydrogens is 204 g/mol. The Morgan fingerprint density at radius 2 is 2.25 bits per heavy atom. The highest BCUT2D eigenvalue weighted by Crippen LogP contribution is 2.11. The van der Waals surface area contributed by atoms with E-state index in [0.717, 1.165) is 16.1 Å². The van der Waals surface area contributed by atoms with Crippen molar-refractivity contribution in [2.24, 2.45) is 5.73 Å². The number of urea groups is 1. The number of hydrogen-bond donors (Lipinski definition) is 3. The van der Waals surface area contributed by atoms with Crippen LogP contribution in [0.4, 0.5) is 4.79 Å². The van der Waals surface area contributed by atoms with Crippen LogP contribution in [0.25, 0.3) is 11.9 Å². The fourth-order valence-electron chi connectivity index (χ4n) is 2.19. The van der Waals surface area contributed by atoms with E-state index in [2.05, 4.69) is 10.6 Å². The molecule has 1 fully saturated rings. The molecular formula is C11H12N4O. The first-order valence-corrected chi connectivity index (χ1v) is 5.13. The number of fused-ring (bicyclic) bond motifs is 2. The largest absolute Gasteiger partial charge is 0.372 e. The number of carbonyl (C=O) groups excluding carboxylic acids is 1. The summed E-state index contributed by atoms with van der Waals surface area (Å²) in [6.45, 7) is 0.645. The predicted molar refractivity (Wildman–Crippen MR) is 59.9 cm³/mol. The standard InChI is InChI=1S/C11H12N4O/c12-11(16)15-5-7-3-1-2-4-8(7)9-10(15)14-6-13-9/h1-5,10,13-14H,6H2,(H2,12,16). The van der Waals surface area contributed by atoms with Crippen molar-refractivity contribution in [1.82, 2.24) is 15.5 Å². The lowest BCUT2D eigenvalue weighted by molar-refractivity contribution is 0.220. The van der Waals surface area contributed by atoms with Gasteiger partial charge in [-0.15, -0.1) is 0 Å². The van der Waals surface area contributed by atoms with Crippen molar-refractivity contribution in [3.63, 3.8) is 0 Å². The summed E-state index contributed by atoms with van der Waals surface area (Å²) in [7, 11) is 0. The zero-order chi connectivity index (χ0) is 11.1. The van der Waals surface area contributed by atoms with Crippen LogP contribution >= 0.6 is 0 Å². The molecule has 0 bridgehead atoms. The third-order valence-electron chi connectivity index (χ3n) is 2.91. The van der Waals surface area contributed by atoms with Crippen LogP contribution in [0.1, 0.15) is 0 Å². The molecule has 4 N–H and O–H groups in total. The summed E-state index contributed by atoms with van der Waals surface area (Å²) in [5.41, 5.74) is 6.37. The average molecular weight is 216 g/mol. The number of rotatable bonds is 0. The third-order valence-corrected chi connectivity index (χ3v) is 2.91. The molecule has 1 aromatic carbocycles. The number of carbonyl (C=O) groups is 1. The molecule has 1 unspecified atom stereocenters. The molecule has 3 rings (SSSR count). The van der Waals surface area contributed by atoms with Crippen LogP contribution in [-0.4, -0.2) is 23.8 Å². The molecule has 0 aliphatic carbocycles. The van der Waals surface area contributed by atoms with Gasteiger partial charge in [0.1, 0.15) is 6.17 Å². The van der Waals surface area contributed by atoms with E-state index in [9.17, 15) is 4.79 Å². The Balaban J connectivity index is 2.30. The van der Waals surface area contributed by atoms with Gasteiger partial charge in [-0.2, -0.15) is 0 Å². The molecule has 2 aliphatic heterocycles. The summed E-state index contributed by atoms with van der Waals surface area (Å²) in [5.74, 6) is 0. The second kappa shape index (κ2) is 3.24. The van der Waals surface area contributed by atoms with Gasteiger partial charge < -0.3 is 11.1 Å². The molecule has 1 aromatic rings. The summed E-state index contributed by atoms with van der Waals surface area (Å²) in [6.07, 6.45) is 1.62. The quantitative estimate of drug-likeness (QED) is 0.489. The minimum absolute atomic E-state index is 0.160. The number of benzene rings is 1. The Morgan fingerprint density at radius 1 is 1.44 bits per heavy atom. The maximum Gasteiger partial charge on any atom is 0.320 e. The number of nitrogens with two attached hydrogens (primary N) is 1. The molecule has 0 spiro atoms. The second-order valence-electron chi connectivity index (χ2n) is 3.84. The normalized spacial score (nSPS) is 21.9. The van der Waals surface area contributed by atoms with E-state index in [0.29, 0.717) is 6.67 Å². The van der Waals surface area contributed by atoms with Crippen molar-refractivity contribution in [2.75, 3.05) is 6.67 Å². The monoisotopic (exact) mass is 216 g/mol. The highest BCUT2D eigenvalue weighted by molar-refractivity contribution is 5.80. The fourth-order valence-corrected chi connectivity index (χ4v) is 2.19. The van der Waals surface area contributed by atoms with Gasteiger partial charge in [-0.3, -0.25) is 10.2 Å². The highest BCUT2D eigenvalue weighted by Gasteiger charge is 2.30. The van der Waals surface area contributed by atoms with Crippen molar-refractivity contribution in [2.45, 2.75) is 6.17 Å². The van der Waals surface area contributed by atoms with E-state index in [4.69, 9.17) is 5.73 Å². The van der Waals surface area contributed by atoms with Gasteiger partial charge in [0.2, 0.25) is 0 Å². The van der Waals surface area contributed by atoms with Crippen LogP contribution in [0, 0.1) is 0 Å². The molecule has 1 saturated heterocycles. The van der Waals surface area contributed by atoms with Gasteiger partial charge in [0.25, 0.3) is 0 Å². The number of nitrogens with zero attached hydrogens (tertiary/aromatic N) is 1. The van der Waals surface area contributed by atoms with Crippen molar-refractivity contribution in [3.05, 3.63) is 34.7 Å². The van der Waals surface area contributed by atoms with E-state index in [1.54, 1.807) is 6.20 Å². The number of primary amides is 1. The third kappa shape index (κ3) is 1.18. The molecule has 5 heteroatoms. The van der Waals surface area contributed by atoms with E-state index in [1.165, 1.54) is 4.90 Å². The van der Waals surface area contributed by atoms with E-state index >= 15 is 0 Å². The van der Waals surface area contributed by atoms with Gasteiger partial charge in [-0.05, 0) is 5.22 Å². The number of amides is 2. The zero-order valence-corrected chi connectivity index (χ0v) is 8.60. The summed E-state index contributed by atoms with van der Waals surface area (Å²) in [4.78, 5) is 12.9. The van der Waals surface area contributed by atoms with Crippen molar-refractivity contribution < 1.29 is 4.79 Å². The van der Waals surface area contributed by atoms with E-state index in [1.807, 2.05) is 24.3 Å². The fraction of sp³-hybridized carbons (Fsp3) is 0.182. The predicted octanol–water partition coefficient (Wildman–Crippen LogP) is -1.60. The first-order chi connectivity index (χ1) is 7.77. The first-order valence-electron chi connectivity index (χ1n) is 5.13. The average Bonchev–Trinajstić information content (AvgIpc) is 2.76. The molecule has 5 nitrogen and oxygen atoms in total. The van der Waals surface area contributed by atoms with Crippen LogP contribution in [-0.2, 0) is 0 Å². The smallest absolute Gasteiger partial charge is 0.320 e. The maximum absolute atomic E-state index is 11.3. The molecule has 2 heterocycles. The second-order valence-corrected chi connectivity index (χ2v) is 3.84. The van der Waals surface area contributed by atoms with Crippen LogP contribution < -0.4 is 26.8 Å². The Bertz CT molecular complexity index is 566. The van der Waals surface area contributed by atoms with Crippen molar-refractivity contribution >= 4 is 17.9 Å². The number of nitrogens with one attached hydrogen (secondary N) is 2. The molecule has 2 aliphatic rings. The topological polar surface area (TPSA) is 70.4 Å². The molecule has 0 saturated carbocycles. The SMILES string of the molecule is NC(=O)N1C=c2ccccc2=C2NCNC21. The molecule has 0 aromatic heterocycles. The van der Waals surface area contributed by atoms with Crippen LogP contribution in [0.15, 0.2) is 24.3 Å². The van der Waals surface area contributed by atoms with Gasteiger partial charge >= 0.3 is 6.03 Å². The van der Waals surface area contributed by atoms with Gasteiger partial charge in [-0.1, -0.05) is 24.3 Å². The van der Waals surface area contributed by atoms with Crippen LogP contribution in [0.3, 0.4) is 0 Å². The lowest BCUT2D eigenvalue weighted by atomic mass is 10.1. The first kappa shape index (κ1) is 9.23. The highest BCUT2D eigenvalue weighted by atomic mass is 16.2. The Hall–Kier alpha value is -2.01. The summed E-state index contributed by atoms with van der Waals surface area (Å²) < 4.78 is 0. The minimum Gasteiger partial charge on any atom is -0.372 e. The summed E-state index contributed by atoms with van der Waals surface area (Å²) >= 11 is 0. The van der Waals surface area contributed by atoms with Gasteiger partial charge in [-0.25, -0.2) is 4.79 Å².